The Balaban J connectivity index is 2.09. The number of nitrogens with one attached hydrogen (secondary N) is 1. The third-order valence-electron chi connectivity index (χ3n) is 3.52. The summed E-state index contributed by atoms with van der Waals surface area (Å²) in [7, 11) is 1.42. The molecule has 0 aliphatic heterocycles. The first-order valence-corrected chi connectivity index (χ1v) is 8.43. The molecule has 0 spiro atoms. The van der Waals surface area contributed by atoms with Gasteiger partial charge in [0.2, 0.25) is 0 Å². The summed E-state index contributed by atoms with van der Waals surface area (Å²) in [5.74, 6) is -0.333. The lowest BCUT2D eigenvalue weighted by Gasteiger charge is -2.24. The Bertz CT molecular complexity index is 687. The zero-order chi connectivity index (χ0) is 19.5. The molecule has 2 rings (SSSR count). The van der Waals surface area contributed by atoms with Crippen molar-refractivity contribution in [3.63, 3.8) is 0 Å². The van der Waals surface area contributed by atoms with Gasteiger partial charge in [0.25, 0.3) is 0 Å². The van der Waals surface area contributed by atoms with E-state index in [9.17, 15) is 9.59 Å². The van der Waals surface area contributed by atoms with Crippen LogP contribution in [0.3, 0.4) is 0 Å². The second-order valence-electron chi connectivity index (χ2n) is 5.45. The molecule has 0 aliphatic carbocycles. The summed E-state index contributed by atoms with van der Waals surface area (Å²) in [6.07, 6.45) is -0.464. The lowest BCUT2D eigenvalue weighted by molar-refractivity contribution is -0.168. The summed E-state index contributed by atoms with van der Waals surface area (Å²) < 4.78 is 25.9. The summed E-state index contributed by atoms with van der Waals surface area (Å²) in [5, 5.41) is 2.60. The lowest BCUT2D eigenvalue weighted by Crippen LogP contribution is -2.43. The molecule has 8 heteroatoms. The molecule has 1 amide bonds. The third kappa shape index (κ3) is 6.43. The second-order valence-corrected chi connectivity index (χ2v) is 5.45. The molecule has 0 unspecified atom stereocenters. The second kappa shape index (κ2) is 11.0. The van der Waals surface area contributed by atoms with E-state index in [0.29, 0.717) is 5.76 Å². The van der Waals surface area contributed by atoms with Gasteiger partial charge in [-0.3, -0.25) is 0 Å². The Morgan fingerprint density at radius 3 is 2.52 bits per heavy atom. The van der Waals surface area contributed by atoms with Crippen molar-refractivity contribution >= 4 is 12.1 Å². The normalized spacial score (nSPS) is 12.8. The summed E-state index contributed by atoms with van der Waals surface area (Å²) in [5.41, 5.74) is 0.833. The van der Waals surface area contributed by atoms with E-state index in [2.05, 4.69) is 5.32 Å². The van der Waals surface area contributed by atoms with Crippen LogP contribution >= 0.6 is 0 Å². The maximum Gasteiger partial charge on any atom is 0.408 e. The molecule has 0 radical (unpaired) electrons. The number of ether oxygens (including phenoxy) is 4. The number of hydrogen-bond donors (Lipinski definition) is 1. The van der Waals surface area contributed by atoms with Crippen molar-refractivity contribution in [3.05, 3.63) is 60.1 Å². The molecule has 0 aliphatic rings. The minimum Gasteiger partial charge on any atom is -0.467 e. The van der Waals surface area contributed by atoms with Crippen molar-refractivity contribution in [2.75, 3.05) is 20.5 Å². The van der Waals surface area contributed by atoms with Crippen LogP contribution in [-0.2, 0) is 30.3 Å². The monoisotopic (exact) mass is 377 g/mol. The number of hydrogen-bond acceptors (Lipinski definition) is 7. The van der Waals surface area contributed by atoms with Crippen LogP contribution in [0.2, 0.25) is 0 Å². The van der Waals surface area contributed by atoms with Crippen molar-refractivity contribution in [1.82, 2.24) is 5.32 Å². The largest absolute Gasteiger partial charge is 0.467 e. The molecule has 146 valence electrons. The first-order chi connectivity index (χ1) is 13.2. The fourth-order valence-corrected chi connectivity index (χ4v) is 2.32. The first-order valence-electron chi connectivity index (χ1n) is 8.43. The van der Waals surface area contributed by atoms with Gasteiger partial charge in [0, 0.05) is 7.11 Å². The van der Waals surface area contributed by atoms with E-state index in [1.807, 2.05) is 30.3 Å². The van der Waals surface area contributed by atoms with Crippen LogP contribution in [0.15, 0.2) is 53.1 Å². The summed E-state index contributed by atoms with van der Waals surface area (Å²) in [4.78, 5) is 24.6. The molecule has 0 saturated heterocycles. The number of furan rings is 1. The maximum absolute atomic E-state index is 12.3. The van der Waals surface area contributed by atoms with Gasteiger partial charge in [-0.25, -0.2) is 9.59 Å². The molecule has 1 heterocycles. The molecular weight excluding hydrogens is 354 g/mol. The number of amides is 1. The van der Waals surface area contributed by atoms with Crippen LogP contribution in [0.1, 0.15) is 24.3 Å². The number of carbonyl (C=O) groups is 2. The standard InChI is InChI=1S/C19H23NO7/c1-3-24-18(21)17(27-13-23-2)16(15-10-7-11-25-15)20-19(22)26-12-14-8-5-4-6-9-14/h4-11,16-17H,3,12-13H2,1-2H3,(H,20,22)/t16-,17+/m0/s1. The molecule has 1 N–H and O–H groups in total. The van der Waals surface area contributed by atoms with Crippen molar-refractivity contribution in [1.29, 1.82) is 0 Å². The molecule has 0 saturated carbocycles. The average Bonchev–Trinajstić information content (AvgIpc) is 3.21. The molecule has 27 heavy (non-hydrogen) atoms. The lowest BCUT2D eigenvalue weighted by atomic mass is 10.1. The van der Waals surface area contributed by atoms with E-state index in [4.69, 9.17) is 23.4 Å². The van der Waals surface area contributed by atoms with E-state index >= 15 is 0 Å². The minimum atomic E-state index is -1.17. The zero-order valence-corrected chi connectivity index (χ0v) is 15.3. The van der Waals surface area contributed by atoms with Gasteiger partial charge in [0.15, 0.2) is 6.10 Å². The van der Waals surface area contributed by atoms with Gasteiger partial charge in [0.1, 0.15) is 25.2 Å². The summed E-state index contributed by atoms with van der Waals surface area (Å²) in [6.45, 7) is 1.76. The Labute approximate surface area is 157 Å². The van der Waals surface area contributed by atoms with Crippen LogP contribution < -0.4 is 5.32 Å². The maximum atomic E-state index is 12.3. The number of alkyl carbamates (subject to hydrolysis) is 1. The highest BCUT2D eigenvalue weighted by Crippen LogP contribution is 2.22. The molecule has 0 bridgehead atoms. The van der Waals surface area contributed by atoms with Gasteiger partial charge in [-0.1, -0.05) is 30.3 Å². The van der Waals surface area contributed by atoms with Gasteiger partial charge < -0.3 is 28.7 Å². The van der Waals surface area contributed by atoms with E-state index in [-0.39, 0.29) is 20.0 Å². The number of rotatable bonds is 10. The quantitative estimate of drug-likeness (QED) is 0.502. The highest BCUT2D eigenvalue weighted by atomic mass is 16.7. The van der Waals surface area contributed by atoms with Crippen LogP contribution in [0.25, 0.3) is 0 Å². The van der Waals surface area contributed by atoms with Crippen molar-refractivity contribution in [3.8, 4) is 0 Å². The van der Waals surface area contributed by atoms with Crippen LogP contribution in [0, 0.1) is 0 Å². The van der Waals surface area contributed by atoms with Crippen molar-refractivity contribution < 1.29 is 33.0 Å². The smallest absolute Gasteiger partial charge is 0.408 e. The molecule has 8 nitrogen and oxygen atoms in total. The van der Waals surface area contributed by atoms with Gasteiger partial charge in [-0.2, -0.15) is 0 Å². The van der Waals surface area contributed by atoms with Crippen LogP contribution in [0.4, 0.5) is 4.79 Å². The van der Waals surface area contributed by atoms with Gasteiger partial charge in [-0.15, -0.1) is 0 Å². The molecular formula is C19H23NO7. The first kappa shape index (κ1) is 20.5. The molecule has 1 aromatic heterocycles. The van der Waals surface area contributed by atoms with Crippen LogP contribution in [0.5, 0.6) is 0 Å². The molecule has 1 aromatic carbocycles. The third-order valence-corrected chi connectivity index (χ3v) is 3.52. The number of benzene rings is 1. The topological polar surface area (TPSA) is 96.2 Å². The molecule has 2 atom stereocenters. The zero-order valence-electron chi connectivity index (χ0n) is 15.3. The fraction of sp³-hybridized carbons (Fsp3) is 0.368. The van der Waals surface area contributed by atoms with Crippen LogP contribution in [-0.4, -0.2) is 38.7 Å². The molecule has 0 fully saturated rings. The SMILES string of the molecule is CCOC(=O)[C@H](OCOC)[C@@H](NC(=O)OCc1ccccc1)c1ccco1. The highest BCUT2D eigenvalue weighted by molar-refractivity contribution is 5.77. The highest BCUT2D eigenvalue weighted by Gasteiger charge is 2.35. The van der Waals surface area contributed by atoms with E-state index < -0.39 is 24.2 Å². The van der Waals surface area contributed by atoms with E-state index in [1.165, 1.54) is 13.4 Å². The van der Waals surface area contributed by atoms with Gasteiger partial charge in [-0.05, 0) is 24.6 Å². The van der Waals surface area contributed by atoms with E-state index in [0.717, 1.165) is 5.56 Å². The van der Waals surface area contributed by atoms with Crippen molar-refractivity contribution in [2.45, 2.75) is 25.7 Å². The van der Waals surface area contributed by atoms with E-state index in [1.54, 1.807) is 19.1 Å². The predicted molar refractivity (Wildman–Crippen MR) is 94.6 cm³/mol. The van der Waals surface area contributed by atoms with Gasteiger partial charge >= 0.3 is 12.1 Å². The number of carbonyl (C=O) groups excluding carboxylic acids is 2. The Morgan fingerprint density at radius 2 is 1.89 bits per heavy atom. The summed E-state index contributed by atoms with van der Waals surface area (Å²) in [6, 6.07) is 11.5. The van der Waals surface area contributed by atoms with Gasteiger partial charge in [0.05, 0.1) is 12.9 Å². The predicted octanol–water partition coefficient (Wildman–Crippen LogP) is 2.80. The average molecular weight is 377 g/mol. The van der Waals surface area contributed by atoms with Crippen molar-refractivity contribution in [2.24, 2.45) is 0 Å². The summed E-state index contributed by atoms with van der Waals surface area (Å²) >= 11 is 0. The molecule has 2 aromatic rings. The Kier molecular flexibility index (Phi) is 8.34. The Morgan fingerprint density at radius 1 is 1.11 bits per heavy atom. The minimum absolute atomic E-state index is 0.0839. The fourth-order valence-electron chi connectivity index (χ4n) is 2.32. The Hall–Kier alpha value is -2.84. The number of esters is 1. The number of methoxy groups -OCH3 is 1.